The average Bonchev–Trinajstić information content (AvgIpc) is 2.97. The van der Waals surface area contributed by atoms with Crippen LogP contribution >= 0.6 is 50.1 Å². The lowest BCUT2D eigenvalue weighted by molar-refractivity contribution is 0.0955. The van der Waals surface area contributed by atoms with Gasteiger partial charge in [0.2, 0.25) is 0 Å². The van der Waals surface area contributed by atoms with Gasteiger partial charge in [-0.15, -0.1) is 0 Å². The van der Waals surface area contributed by atoms with Crippen LogP contribution in [0.2, 0.25) is 5.02 Å². The summed E-state index contributed by atoms with van der Waals surface area (Å²) < 4.78 is 3.54. The second-order valence-electron chi connectivity index (χ2n) is 6.14. The number of aryl methyl sites for hydroxylation is 2. The van der Waals surface area contributed by atoms with Gasteiger partial charge in [0.05, 0.1) is 20.4 Å². The van der Waals surface area contributed by atoms with Gasteiger partial charge in [-0.2, -0.15) is 5.10 Å². The summed E-state index contributed by atoms with van der Waals surface area (Å²) in [4.78, 5) is 12.4. The number of phenolic OH excluding ortho intramolecular Hbond substituents is 1. The maximum absolute atomic E-state index is 12.4. The fourth-order valence-electron chi connectivity index (χ4n) is 2.81. The molecule has 0 saturated heterocycles. The molecule has 1 aromatic heterocycles. The summed E-state index contributed by atoms with van der Waals surface area (Å²) in [5.41, 5.74) is 6.30. The van der Waals surface area contributed by atoms with Crippen LogP contribution in [0.25, 0.3) is 5.69 Å². The molecule has 0 radical (unpaired) electrons. The summed E-state index contributed by atoms with van der Waals surface area (Å²) in [6, 6.07) is 12.8. The SMILES string of the molecule is Cc1ccc(C)n1-c1ccc(C(=O)N/N=C\c2cc(Br)cc(I)c2O)c(Cl)c1. The van der Waals surface area contributed by atoms with Gasteiger partial charge in [-0.1, -0.05) is 27.5 Å². The van der Waals surface area contributed by atoms with E-state index in [0.717, 1.165) is 21.5 Å². The molecule has 0 fully saturated rings. The average molecular weight is 573 g/mol. The van der Waals surface area contributed by atoms with E-state index in [2.05, 4.69) is 31.0 Å². The molecule has 28 heavy (non-hydrogen) atoms. The van der Waals surface area contributed by atoms with Gasteiger partial charge >= 0.3 is 0 Å². The summed E-state index contributed by atoms with van der Waals surface area (Å²) in [5, 5.41) is 14.3. The third kappa shape index (κ3) is 4.42. The zero-order valence-corrected chi connectivity index (χ0v) is 19.5. The number of aromatic hydroxyl groups is 1. The molecule has 1 heterocycles. The Kier molecular flexibility index (Phi) is 6.47. The third-order valence-corrected chi connectivity index (χ3v) is 5.75. The first-order valence-electron chi connectivity index (χ1n) is 8.24. The van der Waals surface area contributed by atoms with Gasteiger partial charge in [0.15, 0.2) is 0 Å². The zero-order valence-electron chi connectivity index (χ0n) is 15.0. The minimum absolute atomic E-state index is 0.0987. The van der Waals surface area contributed by atoms with E-state index in [0.29, 0.717) is 19.7 Å². The monoisotopic (exact) mass is 571 g/mol. The summed E-state index contributed by atoms with van der Waals surface area (Å²) in [6.07, 6.45) is 1.38. The molecule has 8 heteroatoms. The van der Waals surface area contributed by atoms with E-state index >= 15 is 0 Å². The predicted molar refractivity (Wildman–Crippen MR) is 124 cm³/mol. The molecule has 0 aliphatic heterocycles. The Bertz CT molecular complexity index is 1080. The third-order valence-electron chi connectivity index (χ3n) is 4.15. The number of phenols is 1. The van der Waals surface area contributed by atoms with Crippen LogP contribution in [0.4, 0.5) is 0 Å². The molecule has 5 nitrogen and oxygen atoms in total. The van der Waals surface area contributed by atoms with Crippen LogP contribution in [0.15, 0.2) is 52.0 Å². The van der Waals surface area contributed by atoms with E-state index in [1.165, 1.54) is 6.21 Å². The number of halogens is 3. The molecule has 144 valence electrons. The number of nitrogens with one attached hydrogen (secondary N) is 1. The molecule has 2 aromatic carbocycles. The number of hydrogen-bond acceptors (Lipinski definition) is 3. The van der Waals surface area contributed by atoms with Crippen LogP contribution in [0.3, 0.4) is 0 Å². The van der Waals surface area contributed by atoms with Gasteiger partial charge in [0, 0.05) is 27.1 Å². The molecule has 0 bridgehead atoms. The number of hydrazone groups is 1. The number of aromatic nitrogens is 1. The highest BCUT2D eigenvalue weighted by molar-refractivity contribution is 14.1. The van der Waals surface area contributed by atoms with Crippen LogP contribution in [-0.2, 0) is 0 Å². The Morgan fingerprint density at radius 2 is 1.89 bits per heavy atom. The van der Waals surface area contributed by atoms with Gasteiger partial charge in [-0.25, -0.2) is 5.43 Å². The molecule has 3 aromatic rings. The fraction of sp³-hybridized carbons (Fsp3) is 0.100. The van der Waals surface area contributed by atoms with Gasteiger partial charge in [0.25, 0.3) is 5.91 Å². The Morgan fingerprint density at radius 3 is 2.54 bits per heavy atom. The van der Waals surface area contributed by atoms with E-state index in [1.807, 2.05) is 54.6 Å². The van der Waals surface area contributed by atoms with Crippen molar-refractivity contribution >= 4 is 62.2 Å². The number of carbonyl (C=O) groups is 1. The van der Waals surface area contributed by atoms with E-state index in [1.54, 1.807) is 24.3 Å². The number of carbonyl (C=O) groups excluding carboxylic acids is 1. The number of hydrogen-bond donors (Lipinski definition) is 2. The largest absolute Gasteiger partial charge is 0.506 e. The number of benzene rings is 2. The fourth-order valence-corrected chi connectivity index (χ4v) is 4.62. The highest BCUT2D eigenvalue weighted by atomic mass is 127. The molecule has 0 spiro atoms. The van der Waals surface area contributed by atoms with Gasteiger partial charge < -0.3 is 9.67 Å². The summed E-state index contributed by atoms with van der Waals surface area (Å²) in [5.74, 6) is -0.334. The highest BCUT2D eigenvalue weighted by Gasteiger charge is 2.13. The van der Waals surface area contributed by atoms with Crippen LogP contribution in [0.1, 0.15) is 27.3 Å². The molecule has 3 rings (SSSR count). The number of nitrogens with zero attached hydrogens (tertiary/aromatic N) is 2. The summed E-state index contributed by atoms with van der Waals surface area (Å²) in [7, 11) is 0. The standard InChI is InChI=1S/C20H16BrClIN3O2/c1-11-3-4-12(2)26(11)15-5-6-16(17(22)9-15)20(28)25-24-10-13-7-14(21)8-18(23)19(13)27/h3-10,27H,1-2H3,(H,25,28)/b24-10-. The van der Waals surface area contributed by atoms with Crippen molar-refractivity contribution in [2.75, 3.05) is 0 Å². The van der Waals surface area contributed by atoms with Crippen molar-refractivity contribution in [1.82, 2.24) is 9.99 Å². The molecule has 2 N–H and O–H groups in total. The van der Waals surface area contributed by atoms with Crippen LogP contribution in [0, 0.1) is 17.4 Å². The molecule has 0 aliphatic rings. The van der Waals surface area contributed by atoms with Crippen LogP contribution in [-0.4, -0.2) is 21.8 Å². The first-order valence-corrected chi connectivity index (χ1v) is 10.5. The second-order valence-corrected chi connectivity index (χ2v) is 8.63. The lowest BCUT2D eigenvalue weighted by Crippen LogP contribution is -2.18. The maximum Gasteiger partial charge on any atom is 0.272 e. The Balaban J connectivity index is 1.78. The predicted octanol–water partition coefficient (Wildman–Crippen LogP) is 5.58. The first kappa shape index (κ1) is 20.9. The number of amides is 1. The Labute approximate surface area is 189 Å². The van der Waals surface area contributed by atoms with Crippen molar-refractivity contribution < 1.29 is 9.90 Å². The van der Waals surface area contributed by atoms with Crippen molar-refractivity contribution in [2.24, 2.45) is 5.10 Å². The minimum Gasteiger partial charge on any atom is -0.506 e. The quantitative estimate of drug-likeness (QED) is 0.244. The Hall–Kier alpha value is -1.84. The molecule has 0 aliphatic carbocycles. The lowest BCUT2D eigenvalue weighted by atomic mass is 10.2. The van der Waals surface area contributed by atoms with E-state index in [-0.39, 0.29) is 5.75 Å². The smallest absolute Gasteiger partial charge is 0.272 e. The van der Waals surface area contributed by atoms with Crippen molar-refractivity contribution in [3.8, 4) is 11.4 Å². The van der Waals surface area contributed by atoms with Gasteiger partial charge in [-0.3, -0.25) is 4.79 Å². The molecule has 0 unspecified atom stereocenters. The topological polar surface area (TPSA) is 66.6 Å². The molecule has 0 atom stereocenters. The highest BCUT2D eigenvalue weighted by Crippen LogP contribution is 2.27. The first-order chi connectivity index (χ1) is 13.3. The minimum atomic E-state index is -0.432. The van der Waals surface area contributed by atoms with E-state index < -0.39 is 5.91 Å². The van der Waals surface area contributed by atoms with Crippen molar-refractivity contribution in [2.45, 2.75) is 13.8 Å². The van der Waals surface area contributed by atoms with Crippen LogP contribution < -0.4 is 5.43 Å². The van der Waals surface area contributed by atoms with Crippen LogP contribution in [0.5, 0.6) is 5.75 Å². The second kappa shape index (κ2) is 8.67. The van der Waals surface area contributed by atoms with Crippen molar-refractivity contribution in [1.29, 1.82) is 0 Å². The van der Waals surface area contributed by atoms with Crippen molar-refractivity contribution in [3.63, 3.8) is 0 Å². The van der Waals surface area contributed by atoms with E-state index in [4.69, 9.17) is 11.6 Å². The summed E-state index contributed by atoms with van der Waals surface area (Å²) in [6.45, 7) is 4.02. The zero-order chi connectivity index (χ0) is 20.4. The van der Waals surface area contributed by atoms with Crippen molar-refractivity contribution in [3.05, 3.63) is 78.0 Å². The molecule has 1 amide bonds. The van der Waals surface area contributed by atoms with Gasteiger partial charge in [0.1, 0.15) is 5.75 Å². The molecular formula is C20H16BrClIN3O2. The Morgan fingerprint density at radius 1 is 1.21 bits per heavy atom. The normalized spacial score (nSPS) is 11.2. The lowest BCUT2D eigenvalue weighted by Gasteiger charge is -2.11. The van der Waals surface area contributed by atoms with E-state index in [9.17, 15) is 9.90 Å². The van der Waals surface area contributed by atoms with Gasteiger partial charge in [-0.05, 0) is 78.9 Å². The number of rotatable bonds is 4. The summed E-state index contributed by atoms with van der Waals surface area (Å²) >= 11 is 11.7. The molecular weight excluding hydrogens is 556 g/mol. The maximum atomic E-state index is 12.4. The molecule has 0 saturated carbocycles.